The largest absolute Gasteiger partial charge is 0.321 e. The molecule has 2 aliphatic rings. The van der Waals surface area contributed by atoms with Crippen molar-refractivity contribution in [3.63, 3.8) is 0 Å². The van der Waals surface area contributed by atoms with Crippen molar-refractivity contribution in [3.8, 4) is 0 Å². The van der Waals surface area contributed by atoms with Crippen molar-refractivity contribution in [1.29, 1.82) is 0 Å². The van der Waals surface area contributed by atoms with Gasteiger partial charge in [0, 0.05) is 11.7 Å². The van der Waals surface area contributed by atoms with Crippen LogP contribution < -0.4 is 10.6 Å². The number of anilines is 2. The van der Waals surface area contributed by atoms with Gasteiger partial charge in [-0.05, 0) is 55.6 Å². The Bertz CT molecular complexity index is 952. The van der Waals surface area contributed by atoms with Gasteiger partial charge in [0.1, 0.15) is 16.5 Å². The van der Waals surface area contributed by atoms with Gasteiger partial charge in [-0.25, -0.2) is 4.39 Å². The van der Waals surface area contributed by atoms with E-state index in [1.165, 1.54) is 29.5 Å². The minimum absolute atomic E-state index is 0.00872. The molecule has 136 valence electrons. The van der Waals surface area contributed by atoms with Gasteiger partial charge in [0.15, 0.2) is 3.95 Å². The van der Waals surface area contributed by atoms with E-state index in [1.54, 1.807) is 6.07 Å². The van der Waals surface area contributed by atoms with Crippen LogP contribution in [0.3, 0.4) is 0 Å². The lowest BCUT2D eigenvalue weighted by Gasteiger charge is -2.39. The normalized spacial score (nSPS) is 24.4. The predicted octanol–water partition coefficient (Wildman–Crippen LogP) is 4.60. The van der Waals surface area contributed by atoms with Crippen LogP contribution in [0.25, 0.3) is 0 Å². The Kier molecular flexibility index (Phi) is 4.40. The summed E-state index contributed by atoms with van der Waals surface area (Å²) in [6.07, 6.45) is 2.75. The molecule has 0 bridgehead atoms. The fraction of sp³-hybridized carbons (Fsp3) is 0.389. The molecule has 2 amide bonds. The molecular weight excluding hydrogens is 373 g/mol. The number of rotatable bonds is 2. The van der Waals surface area contributed by atoms with E-state index in [0.717, 1.165) is 19.3 Å². The van der Waals surface area contributed by atoms with Gasteiger partial charge in [0.2, 0.25) is 5.91 Å². The van der Waals surface area contributed by atoms with E-state index in [2.05, 4.69) is 17.6 Å². The van der Waals surface area contributed by atoms with Gasteiger partial charge in [-0.15, -0.1) is 0 Å². The molecule has 0 spiro atoms. The first-order valence-electron chi connectivity index (χ1n) is 8.57. The van der Waals surface area contributed by atoms with Gasteiger partial charge in [-0.2, -0.15) is 0 Å². The highest BCUT2D eigenvalue weighted by Crippen LogP contribution is 2.44. The zero-order chi connectivity index (χ0) is 18.4. The Morgan fingerprint density at radius 1 is 1.42 bits per heavy atom. The highest BCUT2D eigenvalue weighted by atomic mass is 32.1. The van der Waals surface area contributed by atoms with Crippen molar-refractivity contribution in [2.45, 2.75) is 32.2 Å². The second-order valence-electron chi connectivity index (χ2n) is 6.96. The number of hydrogen-bond acceptors (Lipinski definition) is 4. The summed E-state index contributed by atoms with van der Waals surface area (Å²) in [4.78, 5) is 25.6. The highest BCUT2D eigenvalue weighted by Gasteiger charge is 2.41. The van der Waals surface area contributed by atoms with Crippen LogP contribution in [0.1, 0.15) is 41.9 Å². The molecule has 2 heterocycles. The quantitative estimate of drug-likeness (QED) is 0.736. The second-order valence-corrected chi connectivity index (χ2v) is 8.61. The van der Waals surface area contributed by atoms with Crippen LogP contribution in [0, 0.1) is 21.6 Å². The zero-order valence-electron chi connectivity index (χ0n) is 14.1. The molecule has 1 aromatic carbocycles. The molecule has 3 atom stereocenters. The Morgan fingerprint density at radius 3 is 3.00 bits per heavy atom. The molecule has 1 aliphatic heterocycles. The number of aromatic nitrogens is 1. The van der Waals surface area contributed by atoms with Crippen LogP contribution in [0.15, 0.2) is 24.3 Å². The van der Waals surface area contributed by atoms with Crippen LogP contribution in [0.4, 0.5) is 15.9 Å². The lowest BCUT2D eigenvalue weighted by Crippen LogP contribution is -2.41. The van der Waals surface area contributed by atoms with Crippen LogP contribution >= 0.6 is 23.6 Å². The smallest absolute Gasteiger partial charge is 0.269 e. The van der Waals surface area contributed by atoms with E-state index in [-0.39, 0.29) is 17.9 Å². The first kappa shape index (κ1) is 17.4. The first-order chi connectivity index (χ1) is 12.4. The molecule has 4 rings (SSSR count). The summed E-state index contributed by atoms with van der Waals surface area (Å²) in [6, 6.07) is 5.70. The molecule has 1 fully saturated rings. The monoisotopic (exact) mass is 391 g/mol. The van der Waals surface area contributed by atoms with Gasteiger partial charge in [-0.3, -0.25) is 9.59 Å². The van der Waals surface area contributed by atoms with Gasteiger partial charge in [0.05, 0.1) is 5.92 Å². The van der Waals surface area contributed by atoms with E-state index in [1.807, 2.05) is 4.57 Å². The molecule has 3 unspecified atom stereocenters. The minimum Gasteiger partial charge on any atom is -0.321 e. The van der Waals surface area contributed by atoms with E-state index in [4.69, 9.17) is 12.2 Å². The number of amides is 2. The number of halogens is 1. The predicted molar refractivity (Wildman–Crippen MR) is 102 cm³/mol. The first-order valence-corrected chi connectivity index (χ1v) is 9.79. The topological polar surface area (TPSA) is 63.1 Å². The standard InChI is InChI=1S/C18H18FN3O2S2/c1-9-5-6-13-12(7-9)16(23)21-15-14(26-18(25)22(13)15)17(24)20-11-4-2-3-10(19)8-11/h2-4,8-9,12-13H,5-7H2,1H3,(H,20,24)(H,21,23). The molecule has 5 nitrogen and oxygen atoms in total. The summed E-state index contributed by atoms with van der Waals surface area (Å²) in [6.45, 7) is 2.16. The van der Waals surface area contributed by atoms with E-state index in [0.29, 0.717) is 26.3 Å². The number of nitrogens with one attached hydrogen (secondary N) is 2. The molecule has 1 aliphatic carbocycles. The van der Waals surface area contributed by atoms with E-state index in [9.17, 15) is 14.0 Å². The van der Waals surface area contributed by atoms with E-state index < -0.39 is 11.7 Å². The van der Waals surface area contributed by atoms with Crippen molar-refractivity contribution < 1.29 is 14.0 Å². The summed E-state index contributed by atoms with van der Waals surface area (Å²) in [7, 11) is 0. The molecule has 0 radical (unpaired) electrons. The SMILES string of the molecule is CC1CCC2C(C1)C(=O)Nc1c(C(=O)Nc3cccc(F)c3)sc(=S)n12. The summed E-state index contributed by atoms with van der Waals surface area (Å²) in [5.41, 5.74) is 0.361. The molecule has 0 saturated heterocycles. The number of thiazole rings is 1. The van der Waals surface area contributed by atoms with Gasteiger partial charge < -0.3 is 15.2 Å². The number of benzene rings is 1. The number of carbonyl (C=O) groups is 2. The molecular formula is C18H18FN3O2S2. The Labute approximate surface area is 159 Å². The Hall–Kier alpha value is -2.06. The average molecular weight is 391 g/mol. The summed E-state index contributed by atoms with van der Waals surface area (Å²) < 4.78 is 15.8. The van der Waals surface area contributed by atoms with Crippen LogP contribution in [-0.4, -0.2) is 16.4 Å². The van der Waals surface area contributed by atoms with Gasteiger partial charge in [0.25, 0.3) is 5.91 Å². The fourth-order valence-electron chi connectivity index (χ4n) is 3.88. The second kappa shape index (κ2) is 6.59. The third-order valence-corrected chi connectivity index (χ3v) is 6.52. The Balaban J connectivity index is 1.68. The van der Waals surface area contributed by atoms with Crippen molar-refractivity contribution in [2.75, 3.05) is 10.6 Å². The zero-order valence-corrected chi connectivity index (χ0v) is 15.8. The highest BCUT2D eigenvalue weighted by molar-refractivity contribution is 7.73. The number of nitrogens with zero attached hydrogens (tertiary/aromatic N) is 1. The summed E-state index contributed by atoms with van der Waals surface area (Å²) >= 11 is 6.67. The molecule has 1 saturated carbocycles. The summed E-state index contributed by atoms with van der Waals surface area (Å²) in [5, 5.41) is 5.56. The van der Waals surface area contributed by atoms with Crippen molar-refractivity contribution in [3.05, 3.63) is 38.9 Å². The molecule has 2 N–H and O–H groups in total. The third kappa shape index (κ3) is 2.97. The lowest BCUT2D eigenvalue weighted by atomic mass is 9.77. The molecule has 26 heavy (non-hydrogen) atoms. The van der Waals surface area contributed by atoms with Gasteiger partial charge in [-0.1, -0.05) is 24.3 Å². The molecule has 1 aromatic heterocycles. The van der Waals surface area contributed by atoms with Crippen molar-refractivity contribution >= 4 is 46.9 Å². The third-order valence-electron chi connectivity index (χ3n) is 5.12. The number of carbonyl (C=O) groups excluding carboxylic acids is 2. The van der Waals surface area contributed by atoms with Crippen LogP contribution in [-0.2, 0) is 4.79 Å². The number of hydrogen-bond donors (Lipinski definition) is 2. The van der Waals surface area contributed by atoms with Gasteiger partial charge >= 0.3 is 0 Å². The van der Waals surface area contributed by atoms with Crippen LogP contribution in [0.5, 0.6) is 0 Å². The minimum atomic E-state index is -0.429. The fourth-order valence-corrected chi connectivity index (χ4v) is 5.24. The maximum Gasteiger partial charge on any atom is 0.269 e. The number of fused-ring (bicyclic) bond motifs is 3. The average Bonchev–Trinajstić information content (AvgIpc) is 2.92. The summed E-state index contributed by atoms with van der Waals surface area (Å²) in [5.74, 6) is -0.00663. The maximum absolute atomic E-state index is 13.3. The van der Waals surface area contributed by atoms with Crippen molar-refractivity contribution in [2.24, 2.45) is 11.8 Å². The lowest BCUT2D eigenvalue weighted by molar-refractivity contribution is -0.123. The van der Waals surface area contributed by atoms with E-state index >= 15 is 0 Å². The molecule has 8 heteroatoms. The molecule has 2 aromatic rings. The van der Waals surface area contributed by atoms with Crippen LogP contribution in [0.2, 0.25) is 0 Å². The maximum atomic E-state index is 13.3. The Morgan fingerprint density at radius 2 is 2.23 bits per heavy atom. The van der Waals surface area contributed by atoms with Crippen molar-refractivity contribution in [1.82, 2.24) is 4.57 Å².